The van der Waals surface area contributed by atoms with Crippen molar-refractivity contribution in [3.63, 3.8) is 0 Å². The quantitative estimate of drug-likeness (QED) is 0.574. The van der Waals surface area contributed by atoms with Crippen LogP contribution in [0.15, 0.2) is 67.0 Å². The molecule has 28 heavy (non-hydrogen) atoms. The highest BCUT2D eigenvalue weighted by molar-refractivity contribution is 5.93. The van der Waals surface area contributed by atoms with E-state index in [-0.39, 0.29) is 12.5 Å². The Balaban J connectivity index is 1.48. The molecule has 1 N–H and O–H groups in total. The third kappa shape index (κ3) is 3.86. The van der Waals surface area contributed by atoms with Crippen LogP contribution in [0, 0.1) is 13.8 Å². The molecule has 2 aromatic carbocycles. The maximum Gasteiger partial charge on any atom is 0.262 e. The van der Waals surface area contributed by atoms with Crippen molar-refractivity contribution < 1.29 is 9.53 Å². The van der Waals surface area contributed by atoms with E-state index in [1.54, 1.807) is 10.9 Å². The van der Waals surface area contributed by atoms with Crippen molar-refractivity contribution in [3.8, 4) is 11.4 Å². The number of ether oxygens (including phenoxy) is 1. The van der Waals surface area contributed by atoms with Crippen molar-refractivity contribution >= 4 is 22.5 Å². The molecule has 0 bridgehead atoms. The first-order valence-corrected chi connectivity index (χ1v) is 8.99. The number of fused-ring (bicyclic) bond motifs is 1. The summed E-state index contributed by atoms with van der Waals surface area (Å²) < 4.78 is 7.56. The second-order valence-electron chi connectivity index (χ2n) is 6.62. The number of pyridine rings is 1. The van der Waals surface area contributed by atoms with E-state index in [2.05, 4.69) is 15.4 Å². The lowest BCUT2D eigenvalue weighted by atomic mass is 10.1. The summed E-state index contributed by atoms with van der Waals surface area (Å²) in [6.45, 7) is 3.84. The lowest BCUT2D eigenvalue weighted by Crippen LogP contribution is -2.20. The molecule has 140 valence electrons. The zero-order valence-electron chi connectivity index (χ0n) is 15.7. The molecule has 0 atom stereocenters. The van der Waals surface area contributed by atoms with E-state index in [0.29, 0.717) is 11.4 Å². The van der Waals surface area contributed by atoms with E-state index in [0.717, 1.165) is 27.8 Å². The third-order valence-electron chi connectivity index (χ3n) is 4.31. The molecule has 0 saturated heterocycles. The van der Waals surface area contributed by atoms with E-state index >= 15 is 0 Å². The predicted molar refractivity (Wildman–Crippen MR) is 109 cm³/mol. The SMILES string of the molecule is Cc1ccc2nc(C)cc(OCC(=O)Nc3cccc(-n4cccn4)c3)c2c1. The smallest absolute Gasteiger partial charge is 0.262 e. The number of nitrogens with zero attached hydrogens (tertiary/aromatic N) is 3. The second kappa shape index (κ2) is 7.52. The molecular formula is C22H20N4O2. The molecule has 0 unspecified atom stereocenters. The Bertz CT molecular complexity index is 1140. The van der Waals surface area contributed by atoms with Gasteiger partial charge in [0.15, 0.2) is 6.61 Å². The number of carbonyl (C=O) groups excluding carboxylic acids is 1. The first-order chi connectivity index (χ1) is 13.6. The van der Waals surface area contributed by atoms with Crippen LogP contribution in [0.3, 0.4) is 0 Å². The van der Waals surface area contributed by atoms with Crippen LogP contribution in [-0.4, -0.2) is 27.3 Å². The van der Waals surface area contributed by atoms with E-state index < -0.39 is 0 Å². The van der Waals surface area contributed by atoms with Crippen LogP contribution < -0.4 is 10.1 Å². The van der Waals surface area contributed by atoms with Crippen LogP contribution in [-0.2, 0) is 4.79 Å². The Morgan fingerprint density at radius 1 is 1.11 bits per heavy atom. The van der Waals surface area contributed by atoms with Crippen LogP contribution in [0.4, 0.5) is 5.69 Å². The van der Waals surface area contributed by atoms with Gasteiger partial charge in [0.25, 0.3) is 5.91 Å². The summed E-state index contributed by atoms with van der Waals surface area (Å²) >= 11 is 0. The fraction of sp³-hybridized carbons (Fsp3) is 0.136. The maximum absolute atomic E-state index is 12.4. The molecule has 1 amide bonds. The Kier molecular flexibility index (Phi) is 4.76. The van der Waals surface area contributed by atoms with Gasteiger partial charge in [-0.1, -0.05) is 17.7 Å². The molecular weight excluding hydrogens is 352 g/mol. The van der Waals surface area contributed by atoms with Crippen LogP contribution >= 0.6 is 0 Å². The minimum absolute atomic E-state index is 0.0848. The summed E-state index contributed by atoms with van der Waals surface area (Å²) in [5.41, 5.74) is 4.37. The van der Waals surface area contributed by atoms with Crippen LogP contribution in [0.2, 0.25) is 0 Å². The van der Waals surface area contributed by atoms with E-state index in [9.17, 15) is 4.79 Å². The number of benzene rings is 2. The number of hydrogen-bond donors (Lipinski definition) is 1. The average molecular weight is 372 g/mol. The molecule has 2 aromatic heterocycles. The number of anilines is 1. The Labute approximate surface area is 162 Å². The Morgan fingerprint density at radius 2 is 2.00 bits per heavy atom. The highest BCUT2D eigenvalue weighted by atomic mass is 16.5. The molecule has 0 aliphatic carbocycles. The molecule has 2 heterocycles. The minimum atomic E-state index is -0.229. The molecule has 0 spiro atoms. The zero-order valence-corrected chi connectivity index (χ0v) is 15.7. The molecule has 0 saturated carbocycles. The van der Waals surface area contributed by atoms with Gasteiger partial charge in [0.1, 0.15) is 5.75 Å². The summed E-state index contributed by atoms with van der Waals surface area (Å²) in [5, 5.41) is 7.97. The van der Waals surface area contributed by atoms with Gasteiger partial charge >= 0.3 is 0 Å². The summed E-state index contributed by atoms with van der Waals surface area (Å²) in [5.74, 6) is 0.430. The molecule has 0 aliphatic rings. The van der Waals surface area contributed by atoms with Crippen molar-refractivity contribution in [2.75, 3.05) is 11.9 Å². The van der Waals surface area contributed by atoms with Gasteiger partial charge in [0.05, 0.1) is 11.2 Å². The maximum atomic E-state index is 12.4. The molecule has 0 radical (unpaired) electrons. The standard InChI is InChI=1S/C22H20N4O2/c1-15-7-8-20-19(11-15)21(12-16(2)24-20)28-14-22(27)25-17-5-3-6-18(13-17)26-10-4-9-23-26/h3-13H,14H2,1-2H3,(H,25,27). The molecule has 0 fully saturated rings. The fourth-order valence-corrected chi connectivity index (χ4v) is 3.04. The van der Waals surface area contributed by atoms with Gasteiger partial charge < -0.3 is 10.1 Å². The minimum Gasteiger partial charge on any atom is -0.483 e. The van der Waals surface area contributed by atoms with Crippen molar-refractivity contribution in [2.45, 2.75) is 13.8 Å². The average Bonchev–Trinajstić information content (AvgIpc) is 3.21. The van der Waals surface area contributed by atoms with Gasteiger partial charge in [0.2, 0.25) is 0 Å². The van der Waals surface area contributed by atoms with Crippen molar-refractivity contribution in [3.05, 3.63) is 78.2 Å². The summed E-state index contributed by atoms with van der Waals surface area (Å²) in [7, 11) is 0. The highest BCUT2D eigenvalue weighted by Crippen LogP contribution is 2.26. The highest BCUT2D eigenvalue weighted by Gasteiger charge is 2.09. The van der Waals surface area contributed by atoms with E-state index in [1.807, 2.05) is 74.6 Å². The monoisotopic (exact) mass is 372 g/mol. The second-order valence-corrected chi connectivity index (χ2v) is 6.62. The van der Waals surface area contributed by atoms with Gasteiger partial charge in [-0.15, -0.1) is 0 Å². The topological polar surface area (TPSA) is 69.0 Å². The van der Waals surface area contributed by atoms with Crippen LogP contribution in [0.5, 0.6) is 5.75 Å². The van der Waals surface area contributed by atoms with Crippen LogP contribution in [0.25, 0.3) is 16.6 Å². The summed E-state index contributed by atoms with van der Waals surface area (Å²) in [4.78, 5) is 16.9. The third-order valence-corrected chi connectivity index (χ3v) is 4.31. The van der Waals surface area contributed by atoms with Gasteiger partial charge in [-0.2, -0.15) is 5.10 Å². The molecule has 6 nitrogen and oxygen atoms in total. The predicted octanol–water partition coefficient (Wildman–Crippen LogP) is 4.05. The molecule has 4 aromatic rings. The van der Waals surface area contributed by atoms with Gasteiger partial charge in [0, 0.05) is 35.2 Å². The fourth-order valence-electron chi connectivity index (χ4n) is 3.04. The summed E-state index contributed by atoms with van der Waals surface area (Å²) in [6, 6.07) is 17.2. The van der Waals surface area contributed by atoms with E-state index in [1.165, 1.54) is 0 Å². The Hall–Kier alpha value is -3.67. The lowest BCUT2D eigenvalue weighted by molar-refractivity contribution is -0.118. The zero-order chi connectivity index (χ0) is 19.5. The number of carbonyl (C=O) groups is 1. The molecule has 6 heteroatoms. The summed E-state index contributed by atoms with van der Waals surface area (Å²) in [6.07, 6.45) is 3.56. The van der Waals surface area contributed by atoms with Crippen molar-refractivity contribution in [1.29, 1.82) is 0 Å². The van der Waals surface area contributed by atoms with Gasteiger partial charge in [-0.25, -0.2) is 4.68 Å². The first-order valence-electron chi connectivity index (χ1n) is 8.99. The number of aromatic nitrogens is 3. The number of nitrogens with one attached hydrogen (secondary N) is 1. The number of rotatable bonds is 5. The largest absolute Gasteiger partial charge is 0.483 e. The molecule has 4 rings (SSSR count). The first kappa shape index (κ1) is 17.7. The number of amides is 1. The van der Waals surface area contributed by atoms with E-state index in [4.69, 9.17) is 4.74 Å². The number of hydrogen-bond acceptors (Lipinski definition) is 4. The lowest BCUT2D eigenvalue weighted by Gasteiger charge is -2.12. The Morgan fingerprint density at radius 3 is 2.82 bits per heavy atom. The van der Waals surface area contributed by atoms with Gasteiger partial charge in [-0.3, -0.25) is 9.78 Å². The van der Waals surface area contributed by atoms with Crippen molar-refractivity contribution in [1.82, 2.24) is 14.8 Å². The number of aryl methyl sites for hydroxylation is 2. The molecule has 0 aliphatic heterocycles. The van der Waals surface area contributed by atoms with Crippen LogP contribution in [0.1, 0.15) is 11.3 Å². The van der Waals surface area contributed by atoms with Crippen molar-refractivity contribution in [2.24, 2.45) is 0 Å². The van der Waals surface area contributed by atoms with Gasteiger partial charge in [-0.05, 0) is 50.2 Å². The normalized spacial score (nSPS) is 10.8.